The van der Waals surface area contributed by atoms with E-state index in [0.717, 1.165) is 6.08 Å². The Labute approximate surface area is 173 Å². The molecule has 0 aromatic heterocycles. The zero-order valence-corrected chi connectivity index (χ0v) is 15.2. The summed E-state index contributed by atoms with van der Waals surface area (Å²) in [7, 11) is 0. The maximum absolute atomic E-state index is 14.4. The Morgan fingerprint density at radius 3 is 1.47 bits per heavy atom. The van der Waals surface area contributed by atoms with Crippen LogP contribution in [0.15, 0.2) is 24.3 Å². The zero-order chi connectivity index (χ0) is 23.5. The number of rotatable bonds is 2. The molecule has 0 spiro atoms. The molecule has 3 aromatic rings. The summed E-state index contributed by atoms with van der Waals surface area (Å²) in [4.78, 5) is 0. The summed E-state index contributed by atoms with van der Waals surface area (Å²) >= 11 is 0. The first-order valence-electron chi connectivity index (χ1n) is 8.62. The van der Waals surface area contributed by atoms with Crippen LogP contribution in [0.5, 0.6) is 0 Å². The van der Waals surface area contributed by atoms with Crippen LogP contribution in [0.25, 0.3) is 11.6 Å². The van der Waals surface area contributed by atoms with Gasteiger partial charge in [0.05, 0.1) is 0 Å². The van der Waals surface area contributed by atoms with Crippen molar-refractivity contribution in [1.29, 1.82) is 0 Å². The van der Waals surface area contributed by atoms with E-state index in [4.69, 9.17) is 0 Å². The van der Waals surface area contributed by atoms with Crippen LogP contribution in [0.4, 0.5) is 43.9 Å². The van der Waals surface area contributed by atoms with Crippen molar-refractivity contribution in [2.24, 2.45) is 0 Å². The van der Waals surface area contributed by atoms with Crippen molar-refractivity contribution in [3.8, 4) is 0 Å². The Morgan fingerprint density at radius 1 is 0.500 bits per heavy atom. The molecule has 0 heterocycles. The number of hydrogen-bond acceptors (Lipinski definition) is 0. The summed E-state index contributed by atoms with van der Waals surface area (Å²) < 4.78 is 139. The topological polar surface area (TPSA) is 0 Å². The number of benzene rings is 3. The van der Waals surface area contributed by atoms with Crippen molar-refractivity contribution in [3.05, 3.63) is 99.1 Å². The SMILES string of the molecule is Fc1c(F)c(F)c(B=C2C(c3c(F)c(F)c(F)c(F)c3F)=Cc3ccccc32)c(F)c1F. The van der Waals surface area contributed by atoms with Gasteiger partial charge in [0.1, 0.15) is 0 Å². The number of halogens is 10. The molecule has 0 amide bonds. The normalized spacial score (nSPS) is 13.9. The third-order valence-electron chi connectivity index (χ3n) is 4.85. The van der Waals surface area contributed by atoms with Crippen molar-refractivity contribution in [2.75, 3.05) is 0 Å². The fourth-order valence-electron chi connectivity index (χ4n) is 3.34. The summed E-state index contributed by atoms with van der Waals surface area (Å²) in [5.74, 6) is -22.9. The second-order valence-corrected chi connectivity index (χ2v) is 6.63. The van der Waals surface area contributed by atoms with Crippen molar-refractivity contribution < 1.29 is 43.9 Å². The van der Waals surface area contributed by atoms with Gasteiger partial charge >= 0.3 is 173 Å². The molecule has 32 heavy (non-hydrogen) atoms. The average Bonchev–Trinajstić information content (AvgIpc) is 3.14. The molecule has 0 fully saturated rings. The summed E-state index contributed by atoms with van der Waals surface area (Å²) in [5.41, 5.74) is -3.97. The quantitative estimate of drug-likeness (QED) is 0.215. The fourth-order valence-corrected chi connectivity index (χ4v) is 3.34. The van der Waals surface area contributed by atoms with Gasteiger partial charge in [0.15, 0.2) is 0 Å². The van der Waals surface area contributed by atoms with Crippen LogP contribution in [0.2, 0.25) is 0 Å². The molecule has 0 saturated carbocycles. The summed E-state index contributed by atoms with van der Waals surface area (Å²) in [6, 6.07) is 5.43. The van der Waals surface area contributed by atoms with E-state index in [0.29, 0.717) is 6.92 Å². The molecule has 3 aromatic carbocycles. The van der Waals surface area contributed by atoms with E-state index >= 15 is 0 Å². The molecule has 11 heteroatoms. The number of fused-ring (bicyclic) bond motifs is 1. The first kappa shape index (κ1) is 21.9. The maximum atomic E-state index is 14.4. The third kappa shape index (κ3) is 3.06. The summed E-state index contributed by atoms with van der Waals surface area (Å²) in [6.45, 7) is 0.395. The molecule has 0 unspecified atom stereocenters. The molecule has 0 aliphatic heterocycles. The Morgan fingerprint density at radius 2 is 0.938 bits per heavy atom. The van der Waals surface area contributed by atoms with Gasteiger partial charge in [0.25, 0.3) is 0 Å². The predicted molar refractivity (Wildman–Crippen MR) is 96.3 cm³/mol. The molecular weight excluding hydrogens is 453 g/mol. The molecule has 1 aliphatic rings. The van der Waals surface area contributed by atoms with Crippen molar-refractivity contribution in [2.45, 2.75) is 0 Å². The first-order chi connectivity index (χ1) is 15.1. The molecule has 0 N–H and O–H groups in total. The zero-order valence-electron chi connectivity index (χ0n) is 15.2. The van der Waals surface area contributed by atoms with Gasteiger partial charge in [-0.1, -0.05) is 0 Å². The Kier molecular flexibility index (Phi) is 5.22. The molecule has 0 bridgehead atoms. The second-order valence-electron chi connectivity index (χ2n) is 6.63. The van der Waals surface area contributed by atoms with Gasteiger partial charge in [-0.3, -0.25) is 0 Å². The molecule has 0 nitrogen and oxygen atoms in total. The monoisotopic (exact) mass is 458 g/mol. The van der Waals surface area contributed by atoms with E-state index in [1.54, 1.807) is 0 Å². The van der Waals surface area contributed by atoms with Gasteiger partial charge < -0.3 is 0 Å². The van der Waals surface area contributed by atoms with Crippen LogP contribution in [-0.2, 0) is 0 Å². The third-order valence-corrected chi connectivity index (χ3v) is 4.85. The van der Waals surface area contributed by atoms with Crippen molar-refractivity contribution in [3.63, 3.8) is 0 Å². The molecule has 1 aliphatic carbocycles. The molecule has 162 valence electrons. The van der Waals surface area contributed by atoms with Crippen LogP contribution < -0.4 is 5.46 Å². The minimum atomic E-state index is -2.43. The second kappa shape index (κ2) is 7.65. The standard InChI is InChI=1S/C21H5BF10/c23-12-9(13(24)17(28)20(31)16(12)27)8-5-6-3-1-2-4-7(6)10(8)22-11-14(25)18(29)21(32)19(30)15(11)26/h1-5H. The van der Waals surface area contributed by atoms with E-state index in [1.807, 2.05) is 0 Å². The van der Waals surface area contributed by atoms with Gasteiger partial charge in [0, 0.05) is 0 Å². The van der Waals surface area contributed by atoms with Gasteiger partial charge in [0.2, 0.25) is 0 Å². The predicted octanol–water partition coefficient (Wildman–Crippen LogP) is 5.18. The molecule has 0 radical (unpaired) electrons. The van der Waals surface area contributed by atoms with Gasteiger partial charge in [-0.15, -0.1) is 0 Å². The molecule has 0 atom stereocenters. The number of allylic oxidation sites excluding steroid dienone is 1. The van der Waals surface area contributed by atoms with Crippen LogP contribution in [0, 0.1) is 58.2 Å². The summed E-state index contributed by atoms with van der Waals surface area (Å²) in [6.07, 6.45) is 0.964. The van der Waals surface area contributed by atoms with E-state index in [-0.39, 0.29) is 11.1 Å². The fraction of sp³-hybridized carbons (Fsp3) is 0. The van der Waals surface area contributed by atoms with E-state index in [1.165, 1.54) is 24.3 Å². The minimum absolute atomic E-state index is 0.00428. The van der Waals surface area contributed by atoms with Crippen LogP contribution >= 0.6 is 0 Å². The van der Waals surface area contributed by atoms with Gasteiger partial charge in [-0.25, -0.2) is 0 Å². The van der Waals surface area contributed by atoms with Gasteiger partial charge in [-0.05, 0) is 0 Å². The summed E-state index contributed by atoms with van der Waals surface area (Å²) in [5, 5.41) is 0. The number of hydrogen-bond donors (Lipinski definition) is 0. The molecule has 4 rings (SSSR count). The first-order valence-corrected chi connectivity index (χ1v) is 8.62. The molecule has 0 saturated heterocycles. The van der Waals surface area contributed by atoms with E-state index < -0.39 is 80.2 Å². The van der Waals surface area contributed by atoms with E-state index in [2.05, 4.69) is 0 Å². The van der Waals surface area contributed by atoms with E-state index in [9.17, 15) is 43.9 Å². The Balaban J connectivity index is 2.07. The Bertz CT molecular complexity index is 1320. The molecular formula is C21H5BF10. The van der Waals surface area contributed by atoms with Crippen LogP contribution in [0.1, 0.15) is 16.7 Å². The van der Waals surface area contributed by atoms with Gasteiger partial charge in [-0.2, -0.15) is 0 Å². The Hall–Kier alpha value is -3.37. The van der Waals surface area contributed by atoms with Crippen molar-refractivity contribution in [1.82, 2.24) is 0 Å². The van der Waals surface area contributed by atoms with Crippen LogP contribution in [0.3, 0.4) is 0 Å². The van der Waals surface area contributed by atoms with Crippen molar-refractivity contribution >= 4 is 29.5 Å². The average molecular weight is 458 g/mol. The van der Waals surface area contributed by atoms with Crippen LogP contribution in [-0.4, -0.2) is 12.4 Å².